The highest BCUT2D eigenvalue weighted by Gasteiger charge is 2.33. The Hall–Kier alpha value is -3.67. The molecule has 2 atom stereocenters. The van der Waals surface area contributed by atoms with E-state index in [-0.39, 0.29) is 35.7 Å². The van der Waals surface area contributed by atoms with Gasteiger partial charge in [0.2, 0.25) is 5.95 Å². The lowest BCUT2D eigenvalue weighted by atomic mass is 9.85. The molecule has 5 heterocycles. The van der Waals surface area contributed by atoms with E-state index >= 15 is 8.78 Å². The largest absolute Gasteiger partial charge is 0.385 e. The molecule has 2 aliphatic heterocycles. The van der Waals surface area contributed by atoms with Crippen LogP contribution in [0.25, 0.3) is 16.8 Å². The topological polar surface area (TPSA) is 114 Å². The van der Waals surface area contributed by atoms with Gasteiger partial charge in [0, 0.05) is 51.4 Å². The molecular formula is C28H31F2N7O2. The molecule has 9 nitrogen and oxygen atoms in total. The smallest absolute Gasteiger partial charge is 0.229 e. The number of ether oxygens (including phenoxy) is 1. The fourth-order valence-electron chi connectivity index (χ4n) is 5.66. The molecule has 0 spiro atoms. The third-order valence-corrected chi connectivity index (χ3v) is 7.62. The number of hydrogen-bond acceptors (Lipinski definition) is 8. The number of aliphatic hydroxyl groups is 1. The Kier molecular flexibility index (Phi) is 6.66. The molecule has 0 saturated carbocycles. The van der Waals surface area contributed by atoms with Crippen molar-refractivity contribution in [2.45, 2.75) is 37.8 Å². The lowest BCUT2D eigenvalue weighted by Gasteiger charge is -2.37. The third kappa shape index (κ3) is 4.93. The monoisotopic (exact) mass is 535 g/mol. The van der Waals surface area contributed by atoms with Gasteiger partial charge in [-0.05, 0) is 48.2 Å². The molecule has 2 saturated heterocycles. The fraction of sp³-hybridized carbons (Fsp3) is 0.393. The van der Waals surface area contributed by atoms with Crippen molar-refractivity contribution in [1.29, 1.82) is 0 Å². The van der Waals surface area contributed by atoms with Gasteiger partial charge in [-0.3, -0.25) is 4.98 Å². The Morgan fingerprint density at radius 2 is 1.87 bits per heavy atom. The Labute approximate surface area is 224 Å². The first-order valence-electron chi connectivity index (χ1n) is 13.2. The lowest BCUT2D eigenvalue weighted by molar-refractivity contribution is -0.0682. The summed E-state index contributed by atoms with van der Waals surface area (Å²) in [7, 11) is 0. The summed E-state index contributed by atoms with van der Waals surface area (Å²) >= 11 is 0. The summed E-state index contributed by atoms with van der Waals surface area (Å²) in [5.41, 5.74) is 7.31. The fourth-order valence-corrected chi connectivity index (χ4v) is 5.66. The van der Waals surface area contributed by atoms with Crippen LogP contribution in [-0.4, -0.2) is 57.0 Å². The van der Waals surface area contributed by atoms with Gasteiger partial charge >= 0.3 is 0 Å². The molecule has 1 aromatic carbocycles. The number of piperidine rings is 1. The van der Waals surface area contributed by atoms with Gasteiger partial charge in [0.25, 0.3) is 0 Å². The highest BCUT2D eigenvalue weighted by molar-refractivity contribution is 5.74. The number of pyridine rings is 1. The molecule has 0 amide bonds. The van der Waals surface area contributed by atoms with Crippen LogP contribution in [0.5, 0.6) is 0 Å². The number of benzene rings is 1. The maximum absolute atomic E-state index is 15.3. The maximum Gasteiger partial charge on any atom is 0.229 e. The highest BCUT2D eigenvalue weighted by Crippen LogP contribution is 2.36. The van der Waals surface area contributed by atoms with Crippen molar-refractivity contribution >= 4 is 22.8 Å². The molecule has 0 unspecified atom stereocenters. The number of rotatable bonds is 5. The van der Waals surface area contributed by atoms with E-state index in [0.29, 0.717) is 30.6 Å². The Bertz CT molecular complexity index is 1470. The molecule has 4 N–H and O–H groups in total. The lowest BCUT2D eigenvalue weighted by Crippen LogP contribution is -2.46. The predicted molar refractivity (Wildman–Crippen MR) is 144 cm³/mol. The van der Waals surface area contributed by atoms with Crippen molar-refractivity contribution < 1.29 is 18.6 Å². The van der Waals surface area contributed by atoms with E-state index in [0.717, 1.165) is 30.9 Å². The van der Waals surface area contributed by atoms with Gasteiger partial charge in [-0.1, -0.05) is 6.92 Å². The van der Waals surface area contributed by atoms with Crippen LogP contribution >= 0.6 is 0 Å². The first-order chi connectivity index (χ1) is 18.8. The molecule has 204 valence electrons. The standard InChI is InChI=1S/C28H31F2N7O2/c1-17-10-19(31)16-36(15-17)25-4-7-32-14-24(25)34-27-33-13-20-2-3-23(35-37(20)27)26-21(29)11-18(12-22(26)30)28(38)5-8-39-9-6-28/h2-4,7,11-14,17,19,38H,5-6,8-10,15-16,31H2,1H3,(H,33,34)/t17-,19+/m1/s1. The van der Waals surface area contributed by atoms with Gasteiger partial charge in [0.15, 0.2) is 0 Å². The number of imidazole rings is 1. The molecule has 2 aliphatic rings. The number of nitrogens with zero attached hydrogens (tertiary/aromatic N) is 5. The average molecular weight is 536 g/mol. The van der Waals surface area contributed by atoms with Gasteiger partial charge in [0.1, 0.15) is 11.6 Å². The van der Waals surface area contributed by atoms with E-state index in [4.69, 9.17) is 10.5 Å². The number of nitrogens with one attached hydrogen (secondary N) is 1. The van der Waals surface area contributed by atoms with Crippen LogP contribution in [0, 0.1) is 17.6 Å². The molecule has 11 heteroatoms. The summed E-state index contributed by atoms with van der Waals surface area (Å²) in [5.74, 6) is -0.757. The molecule has 4 aromatic rings. The van der Waals surface area contributed by atoms with Gasteiger partial charge in [-0.2, -0.15) is 9.61 Å². The van der Waals surface area contributed by atoms with Crippen molar-refractivity contribution in [2.24, 2.45) is 11.7 Å². The minimum absolute atomic E-state index is 0.0783. The molecule has 39 heavy (non-hydrogen) atoms. The Morgan fingerprint density at radius 3 is 2.62 bits per heavy atom. The average Bonchev–Trinajstić information content (AvgIpc) is 3.30. The van der Waals surface area contributed by atoms with E-state index in [9.17, 15) is 5.11 Å². The molecule has 0 aliphatic carbocycles. The van der Waals surface area contributed by atoms with Crippen molar-refractivity contribution in [3.05, 3.63) is 66.1 Å². The van der Waals surface area contributed by atoms with E-state index in [1.165, 1.54) is 16.6 Å². The number of anilines is 3. The van der Waals surface area contributed by atoms with Crippen LogP contribution in [0.4, 0.5) is 26.1 Å². The minimum atomic E-state index is -1.32. The van der Waals surface area contributed by atoms with Gasteiger partial charge in [-0.15, -0.1) is 0 Å². The van der Waals surface area contributed by atoms with Crippen molar-refractivity contribution in [2.75, 3.05) is 36.5 Å². The van der Waals surface area contributed by atoms with Crippen molar-refractivity contribution in [3.63, 3.8) is 0 Å². The number of nitrogens with two attached hydrogens (primary N) is 1. The van der Waals surface area contributed by atoms with Crippen LogP contribution < -0.4 is 16.0 Å². The SMILES string of the molecule is C[C@@H]1C[C@H](N)CN(c2ccncc2Nc2ncc3ccc(-c4c(F)cc(C5(O)CCOCC5)cc4F)nn23)C1. The second-order valence-corrected chi connectivity index (χ2v) is 10.6. The van der Waals surface area contributed by atoms with Crippen molar-refractivity contribution in [1.82, 2.24) is 19.6 Å². The summed E-state index contributed by atoms with van der Waals surface area (Å²) < 4.78 is 37.5. The van der Waals surface area contributed by atoms with E-state index < -0.39 is 17.2 Å². The van der Waals surface area contributed by atoms with Gasteiger partial charge in [-0.25, -0.2) is 13.8 Å². The summed E-state index contributed by atoms with van der Waals surface area (Å²) in [4.78, 5) is 11.0. The molecule has 0 bridgehead atoms. The third-order valence-electron chi connectivity index (χ3n) is 7.62. The number of fused-ring (bicyclic) bond motifs is 1. The molecule has 2 fully saturated rings. The van der Waals surface area contributed by atoms with E-state index in [1.807, 2.05) is 6.07 Å². The predicted octanol–water partition coefficient (Wildman–Crippen LogP) is 3.98. The normalized spacial score (nSPS) is 21.3. The molecule has 6 rings (SSSR count). The molecule has 3 aromatic heterocycles. The number of halogens is 2. The van der Waals surface area contributed by atoms with E-state index in [1.54, 1.807) is 30.7 Å². The zero-order valence-electron chi connectivity index (χ0n) is 21.6. The van der Waals surface area contributed by atoms with Gasteiger partial charge < -0.3 is 25.8 Å². The highest BCUT2D eigenvalue weighted by atomic mass is 19.1. The Balaban J connectivity index is 1.33. The zero-order valence-corrected chi connectivity index (χ0v) is 21.6. The van der Waals surface area contributed by atoms with Crippen LogP contribution in [0.15, 0.2) is 48.9 Å². The second kappa shape index (κ2) is 10.1. The summed E-state index contributed by atoms with van der Waals surface area (Å²) in [6.45, 7) is 4.44. The van der Waals surface area contributed by atoms with Gasteiger partial charge in [0.05, 0.1) is 46.1 Å². The van der Waals surface area contributed by atoms with E-state index in [2.05, 4.69) is 32.2 Å². The number of hydrogen-bond donors (Lipinski definition) is 3. The quantitative estimate of drug-likeness (QED) is 0.352. The minimum Gasteiger partial charge on any atom is -0.385 e. The van der Waals surface area contributed by atoms with Crippen LogP contribution in [0.2, 0.25) is 0 Å². The summed E-state index contributed by atoms with van der Waals surface area (Å²) in [5, 5.41) is 18.7. The van der Waals surface area contributed by atoms with Crippen LogP contribution in [0.1, 0.15) is 31.7 Å². The molecular weight excluding hydrogens is 504 g/mol. The Morgan fingerprint density at radius 1 is 1.10 bits per heavy atom. The zero-order chi connectivity index (χ0) is 27.1. The number of aromatic nitrogens is 4. The second-order valence-electron chi connectivity index (χ2n) is 10.6. The maximum atomic E-state index is 15.3. The first-order valence-corrected chi connectivity index (χ1v) is 13.2. The summed E-state index contributed by atoms with van der Waals surface area (Å²) in [6, 6.07) is 7.64. The van der Waals surface area contributed by atoms with Crippen LogP contribution in [0.3, 0.4) is 0 Å². The van der Waals surface area contributed by atoms with Crippen LogP contribution in [-0.2, 0) is 10.3 Å². The first kappa shape index (κ1) is 25.6. The van der Waals surface area contributed by atoms with Crippen molar-refractivity contribution in [3.8, 4) is 11.3 Å². The molecule has 0 radical (unpaired) electrons. The summed E-state index contributed by atoms with van der Waals surface area (Å²) in [6.07, 6.45) is 6.60.